The van der Waals surface area contributed by atoms with Crippen molar-refractivity contribution in [3.05, 3.63) is 34.2 Å². The van der Waals surface area contributed by atoms with E-state index in [1.165, 1.54) is 11.8 Å². The second-order valence-corrected chi connectivity index (χ2v) is 7.57. The Bertz CT molecular complexity index is 674. The van der Waals surface area contributed by atoms with E-state index in [2.05, 4.69) is 4.90 Å². The predicted octanol–water partition coefficient (Wildman–Crippen LogP) is 1.85. The lowest BCUT2D eigenvalue weighted by Gasteiger charge is -2.43. The molecular formula is C16H20N2O3S2. The molecule has 0 radical (unpaired) electrons. The first kappa shape index (κ1) is 16.5. The van der Waals surface area contributed by atoms with Crippen LogP contribution < -0.4 is 5.56 Å². The number of carbonyl (C=O) groups excluding carboxylic acids is 1. The molecule has 0 saturated carbocycles. The van der Waals surface area contributed by atoms with Crippen molar-refractivity contribution in [1.82, 2.24) is 9.47 Å². The number of hydrogen-bond acceptors (Lipinski definition) is 5. The molecule has 2 aliphatic heterocycles. The van der Waals surface area contributed by atoms with Crippen LogP contribution in [-0.4, -0.2) is 45.2 Å². The van der Waals surface area contributed by atoms with E-state index in [1.807, 2.05) is 16.7 Å². The Morgan fingerprint density at radius 2 is 2.22 bits per heavy atom. The second-order valence-electron chi connectivity index (χ2n) is 5.96. The van der Waals surface area contributed by atoms with E-state index >= 15 is 0 Å². The zero-order valence-corrected chi connectivity index (χ0v) is 14.7. The molecule has 0 amide bonds. The molecule has 1 saturated heterocycles. The summed E-state index contributed by atoms with van der Waals surface area (Å²) < 4.78 is 7.60. The fourth-order valence-corrected chi connectivity index (χ4v) is 4.44. The van der Waals surface area contributed by atoms with Gasteiger partial charge in [-0.1, -0.05) is 30.0 Å². The third kappa shape index (κ3) is 3.61. The zero-order valence-electron chi connectivity index (χ0n) is 13.1. The number of pyridine rings is 1. The lowest BCUT2D eigenvalue weighted by Crippen LogP contribution is -2.48. The van der Waals surface area contributed by atoms with Gasteiger partial charge in [0.25, 0.3) is 5.56 Å². The Kier molecular flexibility index (Phi) is 5.06. The third-order valence-electron chi connectivity index (χ3n) is 4.36. The molecule has 0 N–H and O–H groups in total. The number of rotatable bonds is 3. The molecule has 2 aliphatic rings. The van der Waals surface area contributed by atoms with Crippen LogP contribution in [-0.2, 0) is 16.1 Å². The zero-order chi connectivity index (χ0) is 16.4. The Morgan fingerprint density at radius 1 is 1.39 bits per heavy atom. The van der Waals surface area contributed by atoms with E-state index in [4.69, 9.17) is 17.0 Å². The van der Waals surface area contributed by atoms with E-state index in [0.29, 0.717) is 18.4 Å². The maximum atomic E-state index is 12.0. The van der Waals surface area contributed by atoms with Crippen molar-refractivity contribution in [1.29, 1.82) is 0 Å². The molecule has 124 valence electrons. The molecule has 5 nitrogen and oxygen atoms in total. The minimum Gasteiger partial charge on any atom is -0.465 e. The van der Waals surface area contributed by atoms with E-state index in [9.17, 15) is 9.59 Å². The Balaban J connectivity index is 1.66. The Hall–Kier alpha value is -1.34. The van der Waals surface area contributed by atoms with Crippen LogP contribution in [0, 0.1) is 5.92 Å². The predicted molar refractivity (Wildman–Crippen MR) is 94.8 cm³/mol. The van der Waals surface area contributed by atoms with Crippen molar-refractivity contribution < 1.29 is 9.53 Å². The number of piperidine rings is 1. The van der Waals surface area contributed by atoms with Crippen molar-refractivity contribution in [2.75, 3.05) is 25.4 Å². The summed E-state index contributed by atoms with van der Waals surface area (Å²) >= 11 is 6.86. The van der Waals surface area contributed by atoms with Crippen LogP contribution in [0.25, 0.3) is 0 Å². The van der Waals surface area contributed by atoms with Gasteiger partial charge >= 0.3 is 5.97 Å². The van der Waals surface area contributed by atoms with Gasteiger partial charge in [-0.25, -0.2) is 0 Å². The average molecular weight is 352 g/mol. The average Bonchev–Trinajstić information content (AvgIpc) is 2.54. The first-order chi connectivity index (χ1) is 11.1. The number of ether oxygens (including phenoxy) is 1. The lowest BCUT2D eigenvalue weighted by atomic mass is 9.83. The number of aromatic nitrogens is 1. The van der Waals surface area contributed by atoms with E-state index in [1.54, 1.807) is 13.0 Å². The first-order valence-electron chi connectivity index (χ1n) is 7.85. The molecule has 3 heterocycles. The third-order valence-corrected chi connectivity index (χ3v) is 5.85. The molecule has 2 bridgehead atoms. The molecule has 2 atom stereocenters. The second kappa shape index (κ2) is 7.05. The summed E-state index contributed by atoms with van der Waals surface area (Å²) in [6, 6.07) is 5.50. The van der Waals surface area contributed by atoms with Gasteiger partial charge in [-0.05, 0) is 25.3 Å². The van der Waals surface area contributed by atoms with Gasteiger partial charge < -0.3 is 14.2 Å². The van der Waals surface area contributed by atoms with Crippen LogP contribution >= 0.6 is 24.0 Å². The molecule has 2 unspecified atom stereocenters. The molecular weight excluding hydrogens is 332 g/mol. The number of fused-ring (bicyclic) bond motifs is 4. The quantitative estimate of drug-likeness (QED) is 0.611. The highest BCUT2D eigenvalue weighted by atomic mass is 32.2. The summed E-state index contributed by atoms with van der Waals surface area (Å²) in [5.74, 6) is 0.795. The molecule has 3 rings (SSSR count). The van der Waals surface area contributed by atoms with Gasteiger partial charge in [-0.2, -0.15) is 0 Å². The standard InChI is InChI=1S/C16H20N2O3S2/c1-2-21-15(20)10-23-16(22)17-7-11-6-12(9-17)13-4-3-5-14(19)18(13)8-11/h3-5,11-12H,2,6-10H2,1H3. The fourth-order valence-electron chi connectivity index (χ4n) is 3.46. The smallest absolute Gasteiger partial charge is 0.316 e. The van der Waals surface area contributed by atoms with Crippen LogP contribution in [0.15, 0.2) is 23.0 Å². The minimum atomic E-state index is -0.228. The number of hydrogen-bond donors (Lipinski definition) is 0. The Labute approximate surface area is 145 Å². The van der Waals surface area contributed by atoms with Gasteiger partial charge in [0.2, 0.25) is 0 Å². The molecule has 0 spiro atoms. The Morgan fingerprint density at radius 3 is 3.00 bits per heavy atom. The maximum Gasteiger partial charge on any atom is 0.316 e. The summed E-state index contributed by atoms with van der Waals surface area (Å²) in [7, 11) is 0. The summed E-state index contributed by atoms with van der Waals surface area (Å²) in [4.78, 5) is 25.7. The van der Waals surface area contributed by atoms with Gasteiger partial charge in [0, 0.05) is 37.3 Å². The summed E-state index contributed by atoms with van der Waals surface area (Å²) in [6.07, 6.45) is 1.10. The highest BCUT2D eigenvalue weighted by Crippen LogP contribution is 2.35. The van der Waals surface area contributed by atoms with E-state index in [0.717, 1.165) is 36.1 Å². The van der Waals surface area contributed by atoms with Crippen LogP contribution in [0.2, 0.25) is 0 Å². The number of thioether (sulfide) groups is 1. The summed E-state index contributed by atoms with van der Waals surface area (Å²) in [6.45, 7) is 4.62. The summed E-state index contributed by atoms with van der Waals surface area (Å²) in [5, 5.41) is 0. The molecule has 23 heavy (non-hydrogen) atoms. The van der Waals surface area contributed by atoms with Crippen molar-refractivity contribution in [3.63, 3.8) is 0 Å². The van der Waals surface area contributed by atoms with Crippen LogP contribution in [0.4, 0.5) is 0 Å². The van der Waals surface area contributed by atoms with Gasteiger partial charge in [-0.3, -0.25) is 9.59 Å². The summed E-state index contributed by atoms with van der Waals surface area (Å²) in [5.41, 5.74) is 1.20. The molecule has 1 aromatic rings. The molecule has 0 aliphatic carbocycles. The van der Waals surface area contributed by atoms with Crippen molar-refractivity contribution in [2.24, 2.45) is 5.92 Å². The minimum absolute atomic E-state index is 0.0879. The topological polar surface area (TPSA) is 51.5 Å². The van der Waals surface area contributed by atoms with Gasteiger partial charge in [-0.15, -0.1) is 0 Å². The SMILES string of the molecule is CCOC(=O)CSC(=S)N1CC2CC(C1)c1cccc(=O)n1C2. The lowest BCUT2D eigenvalue weighted by molar-refractivity contribution is -0.139. The van der Waals surface area contributed by atoms with Crippen LogP contribution in [0.5, 0.6) is 0 Å². The monoisotopic (exact) mass is 352 g/mol. The van der Waals surface area contributed by atoms with Gasteiger partial charge in [0.05, 0.1) is 12.4 Å². The largest absolute Gasteiger partial charge is 0.465 e. The highest BCUT2D eigenvalue weighted by molar-refractivity contribution is 8.23. The van der Waals surface area contributed by atoms with Crippen molar-refractivity contribution in [2.45, 2.75) is 25.8 Å². The number of likely N-dealkylation sites (tertiary alicyclic amines) is 1. The molecule has 1 aromatic heterocycles. The van der Waals surface area contributed by atoms with E-state index < -0.39 is 0 Å². The number of thiocarbonyl (C=S) groups is 1. The van der Waals surface area contributed by atoms with Gasteiger partial charge in [0.1, 0.15) is 4.32 Å². The maximum absolute atomic E-state index is 12.0. The molecule has 7 heteroatoms. The normalized spacial score (nSPS) is 22.4. The highest BCUT2D eigenvalue weighted by Gasteiger charge is 2.35. The number of carbonyl (C=O) groups is 1. The molecule has 1 fully saturated rings. The van der Waals surface area contributed by atoms with Crippen LogP contribution in [0.3, 0.4) is 0 Å². The van der Waals surface area contributed by atoms with Crippen molar-refractivity contribution >= 4 is 34.3 Å². The first-order valence-corrected chi connectivity index (χ1v) is 9.25. The van der Waals surface area contributed by atoms with Gasteiger partial charge in [0.15, 0.2) is 0 Å². The number of nitrogens with zero attached hydrogens (tertiary/aromatic N) is 2. The van der Waals surface area contributed by atoms with Crippen molar-refractivity contribution in [3.8, 4) is 0 Å². The van der Waals surface area contributed by atoms with Crippen LogP contribution in [0.1, 0.15) is 25.0 Å². The fraction of sp³-hybridized carbons (Fsp3) is 0.562. The van der Waals surface area contributed by atoms with E-state index in [-0.39, 0.29) is 17.3 Å². The molecule has 0 aromatic carbocycles. The number of esters is 1.